The number of nitrogens with one attached hydrogen (secondary N) is 2. The van der Waals surface area contributed by atoms with Gasteiger partial charge in [-0.05, 0) is 31.9 Å². The monoisotopic (exact) mass is 377 g/mol. The predicted octanol–water partition coefficient (Wildman–Crippen LogP) is 1.05. The van der Waals surface area contributed by atoms with Gasteiger partial charge in [0.15, 0.2) is 0 Å². The number of sulfonamides is 1. The Morgan fingerprint density at radius 2 is 1.92 bits per heavy atom. The molecule has 1 fully saturated rings. The zero-order valence-corrected chi connectivity index (χ0v) is 15.5. The largest absolute Gasteiger partial charge is 0.341 e. The first-order valence-corrected chi connectivity index (χ1v) is 10.1. The molecule has 0 aromatic heterocycles. The summed E-state index contributed by atoms with van der Waals surface area (Å²) in [6.45, 7) is 2.37. The van der Waals surface area contributed by atoms with Gasteiger partial charge in [-0.1, -0.05) is 18.1 Å². The van der Waals surface area contributed by atoms with Gasteiger partial charge in [0.1, 0.15) is 0 Å². The molecule has 1 heterocycles. The van der Waals surface area contributed by atoms with Crippen LogP contribution in [0.1, 0.15) is 30.1 Å². The van der Waals surface area contributed by atoms with Crippen molar-refractivity contribution in [2.45, 2.75) is 19.8 Å². The van der Waals surface area contributed by atoms with E-state index in [1.54, 1.807) is 31.2 Å². The number of hydrogen-bond donors (Lipinski definition) is 2. The maximum Gasteiger partial charge on any atom is 0.254 e. The van der Waals surface area contributed by atoms with E-state index in [0.29, 0.717) is 37.2 Å². The summed E-state index contributed by atoms with van der Waals surface area (Å²) in [4.78, 5) is 24.7. The minimum Gasteiger partial charge on any atom is -0.341 e. The lowest BCUT2D eigenvalue weighted by Crippen LogP contribution is -2.42. The van der Waals surface area contributed by atoms with Gasteiger partial charge in [-0.2, -0.15) is 0 Å². The van der Waals surface area contributed by atoms with Crippen LogP contribution < -0.4 is 10.6 Å². The fraction of sp³-hybridized carbons (Fsp3) is 0.444. The number of terminal acetylenes is 1. The van der Waals surface area contributed by atoms with Gasteiger partial charge in [-0.15, -0.1) is 6.42 Å². The third-order valence-electron chi connectivity index (χ3n) is 4.36. The molecular weight excluding hydrogens is 354 g/mol. The quantitative estimate of drug-likeness (QED) is 0.725. The molecule has 2 rings (SSSR count). The number of hydrogen-bond acceptors (Lipinski definition) is 4. The van der Waals surface area contributed by atoms with Gasteiger partial charge < -0.3 is 10.6 Å². The SMILES string of the molecule is C#CCNC(=O)c1ccccc1NC(=O)C1CCN(S(=O)(=O)CC)CC1. The molecule has 26 heavy (non-hydrogen) atoms. The van der Waals surface area contributed by atoms with Crippen molar-refractivity contribution >= 4 is 27.5 Å². The molecule has 2 amide bonds. The van der Waals surface area contributed by atoms with Crippen LogP contribution in [0.4, 0.5) is 5.69 Å². The molecule has 0 spiro atoms. The second-order valence-corrected chi connectivity index (χ2v) is 8.25. The molecule has 1 aromatic carbocycles. The van der Waals surface area contributed by atoms with Crippen LogP contribution in [0, 0.1) is 18.3 Å². The smallest absolute Gasteiger partial charge is 0.254 e. The van der Waals surface area contributed by atoms with Crippen molar-refractivity contribution in [2.75, 3.05) is 30.7 Å². The minimum atomic E-state index is -3.22. The maximum absolute atomic E-state index is 12.5. The summed E-state index contributed by atoms with van der Waals surface area (Å²) in [5.74, 6) is 1.53. The highest BCUT2D eigenvalue weighted by molar-refractivity contribution is 7.89. The number of piperidine rings is 1. The predicted molar refractivity (Wildman–Crippen MR) is 100.0 cm³/mol. The van der Waals surface area contributed by atoms with E-state index in [1.807, 2.05) is 0 Å². The number of nitrogens with zero attached hydrogens (tertiary/aromatic N) is 1. The molecule has 8 heteroatoms. The number of carbonyl (C=O) groups is 2. The van der Waals surface area contributed by atoms with E-state index in [0.717, 1.165) is 0 Å². The highest BCUT2D eigenvalue weighted by atomic mass is 32.2. The van der Waals surface area contributed by atoms with E-state index in [-0.39, 0.29) is 30.0 Å². The van der Waals surface area contributed by atoms with Crippen molar-refractivity contribution in [3.05, 3.63) is 29.8 Å². The Hall–Kier alpha value is -2.37. The lowest BCUT2D eigenvalue weighted by Gasteiger charge is -2.30. The molecule has 7 nitrogen and oxygen atoms in total. The van der Waals surface area contributed by atoms with Crippen molar-refractivity contribution in [3.63, 3.8) is 0 Å². The number of rotatable bonds is 6. The molecule has 0 saturated carbocycles. The van der Waals surface area contributed by atoms with Gasteiger partial charge >= 0.3 is 0 Å². The molecule has 1 aliphatic heterocycles. The van der Waals surface area contributed by atoms with Crippen molar-refractivity contribution in [1.82, 2.24) is 9.62 Å². The van der Waals surface area contributed by atoms with E-state index >= 15 is 0 Å². The standard InChI is InChI=1S/C18H23N3O4S/c1-3-11-19-18(23)15-7-5-6-8-16(15)20-17(22)14-9-12-21(13-10-14)26(24,25)4-2/h1,5-8,14H,4,9-13H2,2H3,(H,19,23)(H,20,22). The molecule has 1 aromatic rings. The highest BCUT2D eigenvalue weighted by Crippen LogP contribution is 2.23. The van der Waals surface area contributed by atoms with E-state index in [1.165, 1.54) is 4.31 Å². The number of benzene rings is 1. The minimum absolute atomic E-state index is 0.0595. The molecule has 1 aliphatic rings. The van der Waals surface area contributed by atoms with E-state index in [2.05, 4.69) is 16.6 Å². The second-order valence-electron chi connectivity index (χ2n) is 6.00. The summed E-state index contributed by atoms with van der Waals surface area (Å²) in [6.07, 6.45) is 6.05. The summed E-state index contributed by atoms with van der Waals surface area (Å²) in [7, 11) is -3.22. The molecule has 0 unspecified atom stereocenters. The first-order valence-electron chi connectivity index (χ1n) is 8.48. The van der Waals surface area contributed by atoms with Crippen LogP contribution in [0.2, 0.25) is 0 Å². The second kappa shape index (κ2) is 8.83. The third kappa shape index (κ3) is 4.84. The zero-order valence-electron chi connectivity index (χ0n) is 14.7. The van der Waals surface area contributed by atoms with E-state index in [4.69, 9.17) is 6.42 Å². The molecule has 140 valence electrons. The Morgan fingerprint density at radius 1 is 1.27 bits per heavy atom. The Bertz CT molecular complexity index is 806. The van der Waals surface area contributed by atoms with Crippen LogP contribution >= 0.6 is 0 Å². The zero-order chi connectivity index (χ0) is 19.2. The van der Waals surface area contributed by atoms with Crippen LogP contribution in [0.25, 0.3) is 0 Å². The van der Waals surface area contributed by atoms with Crippen molar-refractivity contribution in [2.24, 2.45) is 5.92 Å². The fourth-order valence-corrected chi connectivity index (χ4v) is 3.96. The maximum atomic E-state index is 12.5. The Labute approximate surface area is 154 Å². The molecule has 0 radical (unpaired) electrons. The first-order chi connectivity index (χ1) is 12.4. The molecular formula is C18H23N3O4S. The summed E-state index contributed by atoms with van der Waals surface area (Å²) >= 11 is 0. The number of para-hydroxylation sites is 1. The lowest BCUT2D eigenvalue weighted by atomic mass is 9.97. The summed E-state index contributed by atoms with van der Waals surface area (Å²) < 4.78 is 25.2. The molecule has 0 aliphatic carbocycles. The number of anilines is 1. The van der Waals surface area contributed by atoms with Gasteiger partial charge in [0.2, 0.25) is 15.9 Å². The van der Waals surface area contributed by atoms with Gasteiger partial charge in [0.05, 0.1) is 23.5 Å². The number of amides is 2. The molecule has 0 bridgehead atoms. The van der Waals surface area contributed by atoms with Crippen molar-refractivity contribution in [3.8, 4) is 12.3 Å². The van der Waals surface area contributed by atoms with Gasteiger partial charge in [0.25, 0.3) is 5.91 Å². The van der Waals surface area contributed by atoms with Crippen LogP contribution in [0.5, 0.6) is 0 Å². The van der Waals surface area contributed by atoms with Crippen molar-refractivity contribution < 1.29 is 18.0 Å². The highest BCUT2D eigenvalue weighted by Gasteiger charge is 2.30. The normalized spacial score (nSPS) is 15.8. The van der Waals surface area contributed by atoms with Gasteiger partial charge in [0, 0.05) is 19.0 Å². The third-order valence-corrected chi connectivity index (χ3v) is 6.25. The van der Waals surface area contributed by atoms with E-state index in [9.17, 15) is 18.0 Å². The Morgan fingerprint density at radius 3 is 2.54 bits per heavy atom. The average molecular weight is 377 g/mol. The first kappa shape index (κ1) is 19.9. The van der Waals surface area contributed by atoms with E-state index < -0.39 is 10.0 Å². The van der Waals surface area contributed by atoms with Crippen LogP contribution in [0.3, 0.4) is 0 Å². The molecule has 0 atom stereocenters. The summed E-state index contributed by atoms with van der Waals surface area (Å²) in [6, 6.07) is 6.69. The van der Waals surface area contributed by atoms with Crippen LogP contribution in [-0.4, -0.2) is 49.9 Å². The Kier molecular flexibility index (Phi) is 6.77. The molecule has 1 saturated heterocycles. The topological polar surface area (TPSA) is 95.6 Å². The lowest BCUT2D eigenvalue weighted by molar-refractivity contribution is -0.120. The summed E-state index contributed by atoms with van der Waals surface area (Å²) in [5.41, 5.74) is 0.748. The van der Waals surface area contributed by atoms with Crippen molar-refractivity contribution in [1.29, 1.82) is 0 Å². The van der Waals surface area contributed by atoms with Gasteiger partial charge in [-0.3, -0.25) is 9.59 Å². The van der Waals surface area contributed by atoms with Crippen LogP contribution in [-0.2, 0) is 14.8 Å². The van der Waals surface area contributed by atoms with Gasteiger partial charge in [-0.25, -0.2) is 12.7 Å². The number of carbonyl (C=O) groups excluding carboxylic acids is 2. The molecule has 2 N–H and O–H groups in total. The fourth-order valence-electron chi connectivity index (χ4n) is 2.83. The summed E-state index contributed by atoms with van der Waals surface area (Å²) in [5, 5.41) is 5.36. The van der Waals surface area contributed by atoms with Crippen LogP contribution in [0.15, 0.2) is 24.3 Å². The average Bonchev–Trinajstić information content (AvgIpc) is 2.66. The Balaban J connectivity index is 2.01.